The van der Waals surface area contributed by atoms with Gasteiger partial charge in [0.25, 0.3) is 5.56 Å². The molecule has 0 radical (unpaired) electrons. The minimum atomic E-state index is -0.0415. The number of rotatable bonds is 5. The van der Waals surface area contributed by atoms with Gasteiger partial charge in [-0.3, -0.25) is 4.79 Å². The Hall–Kier alpha value is -2.81. The van der Waals surface area contributed by atoms with E-state index in [0.717, 1.165) is 72.5 Å². The van der Waals surface area contributed by atoms with Crippen molar-refractivity contribution in [3.8, 4) is 11.1 Å². The summed E-state index contributed by atoms with van der Waals surface area (Å²) in [5.74, 6) is 1.64. The number of nitrogens with one attached hydrogen (secondary N) is 3. The predicted molar refractivity (Wildman–Crippen MR) is 116 cm³/mol. The first-order valence-corrected chi connectivity index (χ1v) is 11.2. The van der Waals surface area contributed by atoms with Crippen LogP contribution in [0, 0.1) is 6.92 Å². The molecule has 0 saturated carbocycles. The zero-order valence-electron chi connectivity index (χ0n) is 16.9. The number of fused-ring (bicyclic) bond motifs is 1. The molecular weight excluding hydrogens is 398 g/mol. The van der Waals surface area contributed by atoms with Crippen LogP contribution >= 0.6 is 11.3 Å². The van der Waals surface area contributed by atoms with Crippen LogP contribution in [-0.2, 0) is 13.1 Å². The van der Waals surface area contributed by atoms with Crippen LogP contribution in [0.15, 0.2) is 51.1 Å². The first kappa shape index (κ1) is 19.2. The molecule has 4 aromatic rings. The van der Waals surface area contributed by atoms with Gasteiger partial charge in [-0.15, -0.1) is 11.3 Å². The molecule has 1 saturated heterocycles. The highest BCUT2D eigenvalue weighted by Gasteiger charge is 2.25. The number of H-pyrrole nitrogens is 1. The van der Waals surface area contributed by atoms with Crippen molar-refractivity contribution >= 4 is 21.6 Å². The molecule has 0 unspecified atom stereocenters. The minimum absolute atomic E-state index is 0.0415. The number of aromatic amines is 1. The molecule has 4 heterocycles. The summed E-state index contributed by atoms with van der Waals surface area (Å²) < 4.78 is 5.17. The molecule has 154 valence electrons. The standard InChI is InChI=1S/C22H23N5O2S/c1-15-11-17(25-29-15)12-26-7-9-27(10-8-26)13-19-23-21(28)20-18(14-30-22(20)24-19)16-5-3-2-4-6-16/h2-6,11,14H,7-10,12-13H2,1H3,(H,23,24,28)/p+2. The van der Waals surface area contributed by atoms with E-state index < -0.39 is 0 Å². The number of piperazine rings is 1. The molecule has 1 fully saturated rings. The summed E-state index contributed by atoms with van der Waals surface area (Å²) in [7, 11) is 0. The fourth-order valence-electron chi connectivity index (χ4n) is 4.21. The third kappa shape index (κ3) is 3.94. The van der Waals surface area contributed by atoms with Crippen molar-refractivity contribution in [3.63, 3.8) is 0 Å². The van der Waals surface area contributed by atoms with Gasteiger partial charge in [0.1, 0.15) is 55.6 Å². The second-order valence-corrected chi connectivity index (χ2v) is 8.85. The van der Waals surface area contributed by atoms with Crippen LogP contribution in [0.4, 0.5) is 0 Å². The van der Waals surface area contributed by atoms with Crippen LogP contribution in [-0.4, -0.2) is 41.3 Å². The van der Waals surface area contributed by atoms with E-state index in [1.807, 2.05) is 48.7 Å². The highest BCUT2D eigenvalue weighted by molar-refractivity contribution is 7.17. The van der Waals surface area contributed by atoms with Crippen molar-refractivity contribution in [2.45, 2.75) is 20.0 Å². The van der Waals surface area contributed by atoms with Crippen LogP contribution in [0.25, 0.3) is 21.3 Å². The van der Waals surface area contributed by atoms with Crippen molar-refractivity contribution in [1.29, 1.82) is 0 Å². The molecule has 3 N–H and O–H groups in total. The Morgan fingerprint density at radius 1 is 1.10 bits per heavy atom. The number of hydrogen-bond acceptors (Lipinski definition) is 5. The highest BCUT2D eigenvalue weighted by Crippen LogP contribution is 2.30. The number of benzene rings is 1. The zero-order chi connectivity index (χ0) is 20.5. The first-order chi connectivity index (χ1) is 14.7. The normalized spacial score (nSPS) is 19.4. The Morgan fingerprint density at radius 3 is 2.53 bits per heavy atom. The van der Waals surface area contributed by atoms with Crippen molar-refractivity contribution < 1.29 is 14.3 Å². The Balaban J connectivity index is 1.27. The number of aromatic nitrogens is 3. The summed E-state index contributed by atoms with van der Waals surface area (Å²) in [5, 5.41) is 6.84. The summed E-state index contributed by atoms with van der Waals surface area (Å²) in [6, 6.07) is 12.0. The molecule has 1 aliphatic rings. The van der Waals surface area contributed by atoms with E-state index in [4.69, 9.17) is 9.51 Å². The Kier molecular flexibility index (Phi) is 5.20. The summed E-state index contributed by atoms with van der Waals surface area (Å²) in [6.07, 6.45) is 0. The van der Waals surface area contributed by atoms with E-state index in [0.29, 0.717) is 5.39 Å². The van der Waals surface area contributed by atoms with Gasteiger partial charge in [0, 0.05) is 17.0 Å². The number of nitrogens with zero attached hydrogens (tertiary/aromatic N) is 2. The predicted octanol–water partition coefficient (Wildman–Crippen LogP) is 0.432. The molecular formula is C22H25N5O2S+2. The average Bonchev–Trinajstić information content (AvgIpc) is 3.36. The van der Waals surface area contributed by atoms with Gasteiger partial charge in [-0.25, -0.2) is 4.98 Å². The fourth-order valence-corrected chi connectivity index (χ4v) is 5.18. The van der Waals surface area contributed by atoms with Crippen molar-refractivity contribution in [2.75, 3.05) is 26.2 Å². The van der Waals surface area contributed by atoms with E-state index >= 15 is 0 Å². The highest BCUT2D eigenvalue weighted by atomic mass is 32.1. The molecule has 0 aliphatic carbocycles. The number of thiophene rings is 1. The maximum atomic E-state index is 12.8. The lowest BCUT2D eigenvalue weighted by atomic mass is 10.1. The zero-order valence-corrected chi connectivity index (χ0v) is 17.7. The molecule has 3 aromatic heterocycles. The van der Waals surface area contributed by atoms with Gasteiger partial charge in [0.15, 0.2) is 5.82 Å². The molecule has 1 aromatic carbocycles. The van der Waals surface area contributed by atoms with E-state index in [2.05, 4.69) is 10.1 Å². The molecule has 30 heavy (non-hydrogen) atoms. The maximum absolute atomic E-state index is 12.8. The van der Waals surface area contributed by atoms with Gasteiger partial charge in [-0.1, -0.05) is 35.5 Å². The van der Waals surface area contributed by atoms with Gasteiger partial charge in [0.05, 0.1) is 5.39 Å². The van der Waals surface area contributed by atoms with E-state index in [1.54, 1.807) is 11.3 Å². The average molecular weight is 424 g/mol. The molecule has 0 spiro atoms. The van der Waals surface area contributed by atoms with Gasteiger partial charge >= 0.3 is 0 Å². The van der Waals surface area contributed by atoms with Gasteiger partial charge in [-0.05, 0) is 12.5 Å². The number of quaternary nitrogens is 2. The molecule has 0 bridgehead atoms. The second kappa shape index (κ2) is 8.14. The monoisotopic (exact) mass is 423 g/mol. The summed E-state index contributed by atoms with van der Waals surface area (Å²) in [6.45, 7) is 7.83. The molecule has 0 atom stereocenters. The minimum Gasteiger partial charge on any atom is -0.361 e. The summed E-state index contributed by atoms with van der Waals surface area (Å²) in [4.78, 5) is 24.4. The first-order valence-electron chi connectivity index (χ1n) is 10.3. The van der Waals surface area contributed by atoms with Crippen molar-refractivity contribution in [3.05, 3.63) is 69.4 Å². The SMILES string of the molecule is Cc1cc(C[NH+]2CC[NH+](Cc3nc4scc(-c5ccccc5)c4c(=O)[nH]3)CC2)no1. The second-order valence-electron chi connectivity index (χ2n) is 7.99. The van der Waals surface area contributed by atoms with Gasteiger partial charge in [-0.2, -0.15) is 0 Å². The van der Waals surface area contributed by atoms with Gasteiger partial charge in [0.2, 0.25) is 0 Å². The molecule has 7 nitrogen and oxygen atoms in total. The van der Waals surface area contributed by atoms with Crippen LogP contribution in [0.2, 0.25) is 0 Å². The molecule has 8 heteroatoms. The van der Waals surface area contributed by atoms with E-state index in [1.165, 1.54) is 9.80 Å². The quantitative estimate of drug-likeness (QED) is 0.435. The van der Waals surface area contributed by atoms with Crippen molar-refractivity contribution in [2.24, 2.45) is 0 Å². The van der Waals surface area contributed by atoms with Crippen LogP contribution in [0.5, 0.6) is 0 Å². The summed E-state index contributed by atoms with van der Waals surface area (Å²) >= 11 is 1.54. The molecule has 5 rings (SSSR count). The third-order valence-corrected chi connectivity index (χ3v) is 6.64. The molecule has 0 amide bonds. The van der Waals surface area contributed by atoms with E-state index in [9.17, 15) is 4.79 Å². The summed E-state index contributed by atoms with van der Waals surface area (Å²) in [5.41, 5.74) is 2.99. The van der Waals surface area contributed by atoms with Crippen LogP contribution in [0.1, 0.15) is 17.3 Å². The Labute approximate surface area is 178 Å². The topological polar surface area (TPSA) is 80.7 Å². The number of hydrogen-bond donors (Lipinski definition) is 3. The van der Waals surface area contributed by atoms with Crippen LogP contribution in [0.3, 0.4) is 0 Å². The smallest absolute Gasteiger partial charge is 0.260 e. The Bertz CT molecular complexity index is 1210. The Morgan fingerprint density at radius 2 is 1.83 bits per heavy atom. The van der Waals surface area contributed by atoms with Crippen molar-refractivity contribution in [1.82, 2.24) is 15.1 Å². The fraction of sp³-hybridized carbons (Fsp3) is 0.318. The lowest BCUT2D eigenvalue weighted by Gasteiger charge is -2.28. The number of aryl methyl sites for hydroxylation is 1. The third-order valence-electron chi connectivity index (χ3n) is 5.77. The lowest BCUT2D eigenvalue weighted by Crippen LogP contribution is -3.27. The molecule has 1 aliphatic heterocycles. The largest absolute Gasteiger partial charge is 0.361 e. The van der Waals surface area contributed by atoms with Crippen LogP contribution < -0.4 is 15.4 Å². The maximum Gasteiger partial charge on any atom is 0.260 e. The van der Waals surface area contributed by atoms with E-state index in [-0.39, 0.29) is 5.56 Å². The lowest BCUT2D eigenvalue weighted by molar-refractivity contribution is -1.02. The van der Waals surface area contributed by atoms with Gasteiger partial charge < -0.3 is 19.3 Å².